The van der Waals surface area contributed by atoms with Crippen molar-refractivity contribution in [2.75, 3.05) is 5.43 Å². The molecule has 2 N–H and O–H groups in total. The molecule has 0 aliphatic carbocycles. The summed E-state index contributed by atoms with van der Waals surface area (Å²) in [6.07, 6.45) is 2.58. The minimum absolute atomic E-state index is 0.136. The molecular formula is C17H13N5O3. The van der Waals surface area contributed by atoms with Crippen molar-refractivity contribution in [3.63, 3.8) is 0 Å². The van der Waals surface area contributed by atoms with Crippen LogP contribution in [0.5, 0.6) is 5.75 Å². The Morgan fingerprint density at radius 3 is 2.60 bits per heavy atom. The van der Waals surface area contributed by atoms with Crippen LogP contribution in [0.15, 0.2) is 70.7 Å². The van der Waals surface area contributed by atoms with Crippen molar-refractivity contribution in [2.45, 2.75) is 0 Å². The van der Waals surface area contributed by atoms with Crippen LogP contribution >= 0.6 is 0 Å². The van der Waals surface area contributed by atoms with Crippen LogP contribution < -0.4 is 15.7 Å². The van der Waals surface area contributed by atoms with E-state index in [2.05, 4.69) is 25.7 Å². The van der Waals surface area contributed by atoms with E-state index in [1.54, 1.807) is 48.5 Å². The lowest BCUT2D eigenvalue weighted by Crippen LogP contribution is -2.10. The summed E-state index contributed by atoms with van der Waals surface area (Å²) in [4.78, 5) is 25.4. The Hall–Kier alpha value is -3.81. The summed E-state index contributed by atoms with van der Waals surface area (Å²) < 4.78 is 5.29. The highest BCUT2D eigenvalue weighted by Crippen LogP contribution is 2.13. The van der Waals surface area contributed by atoms with E-state index in [4.69, 9.17) is 4.74 Å². The average Bonchev–Trinajstić information content (AvgIpc) is 2.64. The number of carbonyl (C=O) groups is 1. The summed E-state index contributed by atoms with van der Waals surface area (Å²) in [5.41, 5.74) is 3.42. The lowest BCUT2D eigenvalue weighted by molar-refractivity contribution is 0.0735. The molecular weight excluding hydrogens is 322 g/mol. The Morgan fingerprint density at radius 1 is 1.12 bits per heavy atom. The number of nitrogens with zero attached hydrogens (tertiary/aromatic N) is 3. The van der Waals surface area contributed by atoms with Crippen LogP contribution in [0.4, 0.5) is 5.95 Å². The molecule has 3 rings (SSSR count). The van der Waals surface area contributed by atoms with Crippen molar-refractivity contribution in [2.24, 2.45) is 5.10 Å². The monoisotopic (exact) mass is 335 g/mol. The quantitative estimate of drug-likeness (QED) is 0.319. The van der Waals surface area contributed by atoms with E-state index in [0.29, 0.717) is 11.3 Å². The first-order valence-corrected chi connectivity index (χ1v) is 7.29. The fraction of sp³-hybridized carbons (Fsp3) is 0. The van der Waals surface area contributed by atoms with Crippen molar-refractivity contribution < 1.29 is 9.53 Å². The minimum Gasteiger partial charge on any atom is -0.423 e. The smallest absolute Gasteiger partial charge is 0.343 e. The van der Waals surface area contributed by atoms with Crippen LogP contribution in [0.1, 0.15) is 15.9 Å². The number of esters is 1. The normalized spacial score (nSPS) is 10.6. The second-order valence-electron chi connectivity index (χ2n) is 4.88. The highest BCUT2D eigenvalue weighted by Gasteiger charge is 2.07. The topological polar surface area (TPSA) is 109 Å². The number of rotatable bonds is 5. The Balaban J connectivity index is 1.59. The first kappa shape index (κ1) is 16.1. The maximum atomic E-state index is 12.0. The SMILES string of the molecule is O=C(Oc1ccc(/C=N/Nc2nncc(=O)[nH]2)cc1)c1ccccc1. The molecule has 0 aliphatic rings. The van der Waals surface area contributed by atoms with Crippen LogP contribution in [0.25, 0.3) is 0 Å². The van der Waals surface area contributed by atoms with Crippen molar-refractivity contribution in [1.29, 1.82) is 0 Å². The number of hydrogen-bond acceptors (Lipinski definition) is 7. The van der Waals surface area contributed by atoms with Crippen LogP contribution in [0, 0.1) is 0 Å². The molecule has 8 heteroatoms. The zero-order chi connectivity index (χ0) is 17.5. The zero-order valence-corrected chi connectivity index (χ0v) is 12.9. The fourth-order valence-electron chi connectivity index (χ4n) is 1.89. The summed E-state index contributed by atoms with van der Waals surface area (Å²) in [5, 5.41) is 11.1. The van der Waals surface area contributed by atoms with Crippen LogP contribution in [0.3, 0.4) is 0 Å². The molecule has 0 aliphatic heterocycles. The van der Waals surface area contributed by atoms with Gasteiger partial charge in [0.05, 0.1) is 11.8 Å². The zero-order valence-electron chi connectivity index (χ0n) is 12.9. The van der Waals surface area contributed by atoms with Gasteiger partial charge in [-0.2, -0.15) is 5.10 Å². The third kappa shape index (κ3) is 4.58. The van der Waals surface area contributed by atoms with E-state index in [0.717, 1.165) is 11.8 Å². The van der Waals surface area contributed by atoms with Crippen molar-refractivity contribution >= 4 is 18.1 Å². The van der Waals surface area contributed by atoms with Gasteiger partial charge in [-0.25, -0.2) is 10.2 Å². The molecule has 1 heterocycles. The molecule has 0 saturated heterocycles. The largest absolute Gasteiger partial charge is 0.423 e. The van der Waals surface area contributed by atoms with Gasteiger partial charge in [-0.15, -0.1) is 10.2 Å². The van der Waals surface area contributed by atoms with E-state index in [1.165, 1.54) is 6.21 Å². The van der Waals surface area contributed by atoms with Crippen molar-refractivity contribution in [3.05, 3.63) is 82.3 Å². The van der Waals surface area contributed by atoms with Crippen molar-refractivity contribution in [1.82, 2.24) is 15.2 Å². The summed E-state index contributed by atoms with van der Waals surface area (Å²) >= 11 is 0. The number of benzene rings is 2. The molecule has 0 amide bonds. The fourth-order valence-corrected chi connectivity index (χ4v) is 1.89. The Kier molecular flexibility index (Phi) is 4.91. The molecule has 0 spiro atoms. The van der Waals surface area contributed by atoms with Gasteiger partial charge < -0.3 is 4.74 Å². The molecule has 2 aromatic carbocycles. The number of aromatic amines is 1. The van der Waals surface area contributed by atoms with Crippen LogP contribution in [-0.4, -0.2) is 27.4 Å². The molecule has 0 unspecified atom stereocenters. The number of hydrogen-bond donors (Lipinski definition) is 2. The number of aromatic nitrogens is 3. The number of H-pyrrole nitrogens is 1. The molecule has 0 fully saturated rings. The third-order valence-electron chi connectivity index (χ3n) is 3.06. The molecule has 124 valence electrons. The van der Waals surface area contributed by atoms with Gasteiger partial charge >= 0.3 is 5.97 Å². The van der Waals surface area contributed by atoms with E-state index >= 15 is 0 Å². The van der Waals surface area contributed by atoms with E-state index in [-0.39, 0.29) is 11.5 Å². The van der Waals surface area contributed by atoms with E-state index in [9.17, 15) is 9.59 Å². The molecule has 0 bridgehead atoms. The van der Waals surface area contributed by atoms with Crippen LogP contribution in [-0.2, 0) is 0 Å². The van der Waals surface area contributed by atoms with Gasteiger partial charge in [0, 0.05) is 0 Å². The van der Waals surface area contributed by atoms with E-state index < -0.39 is 5.97 Å². The van der Waals surface area contributed by atoms with Gasteiger partial charge in [0.1, 0.15) is 11.9 Å². The second-order valence-corrected chi connectivity index (χ2v) is 4.88. The van der Waals surface area contributed by atoms with Gasteiger partial charge in [0.2, 0.25) is 5.95 Å². The van der Waals surface area contributed by atoms with Crippen molar-refractivity contribution in [3.8, 4) is 5.75 Å². The molecule has 8 nitrogen and oxygen atoms in total. The van der Waals surface area contributed by atoms with Gasteiger partial charge in [0.15, 0.2) is 0 Å². The van der Waals surface area contributed by atoms with Gasteiger partial charge in [-0.05, 0) is 42.0 Å². The maximum absolute atomic E-state index is 12.0. The summed E-state index contributed by atoms with van der Waals surface area (Å²) in [7, 11) is 0. The highest BCUT2D eigenvalue weighted by atomic mass is 16.5. The number of carbonyl (C=O) groups excluding carboxylic acids is 1. The summed E-state index contributed by atoms with van der Waals surface area (Å²) in [6, 6.07) is 15.5. The third-order valence-corrected chi connectivity index (χ3v) is 3.06. The number of anilines is 1. The average molecular weight is 335 g/mol. The van der Waals surface area contributed by atoms with E-state index in [1.807, 2.05) is 6.07 Å². The number of ether oxygens (including phenoxy) is 1. The predicted molar refractivity (Wildman–Crippen MR) is 91.7 cm³/mol. The lowest BCUT2D eigenvalue weighted by atomic mass is 10.2. The van der Waals surface area contributed by atoms with Crippen LogP contribution in [0.2, 0.25) is 0 Å². The summed E-state index contributed by atoms with van der Waals surface area (Å²) in [6.45, 7) is 0. The molecule has 0 saturated carbocycles. The van der Waals surface area contributed by atoms with Gasteiger partial charge in [0.25, 0.3) is 5.56 Å². The number of hydrazone groups is 1. The molecule has 0 radical (unpaired) electrons. The Labute approximate surface area is 142 Å². The molecule has 0 atom stereocenters. The van der Waals surface area contributed by atoms with Gasteiger partial charge in [-0.3, -0.25) is 9.78 Å². The Morgan fingerprint density at radius 2 is 1.88 bits per heavy atom. The molecule has 1 aromatic heterocycles. The molecule has 3 aromatic rings. The van der Waals surface area contributed by atoms with Gasteiger partial charge in [-0.1, -0.05) is 18.2 Å². The number of nitrogens with one attached hydrogen (secondary N) is 2. The Bertz CT molecular complexity index is 936. The second kappa shape index (κ2) is 7.64. The minimum atomic E-state index is -0.421. The maximum Gasteiger partial charge on any atom is 0.343 e. The first-order chi connectivity index (χ1) is 12.2. The molecule has 25 heavy (non-hydrogen) atoms. The highest BCUT2D eigenvalue weighted by molar-refractivity contribution is 5.91. The predicted octanol–water partition coefficient (Wildman–Crippen LogP) is 1.83. The standard InChI is InChI=1S/C17H13N5O3/c23-15-11-19-22-17(20-15)21-18-10-12-6-8-14(9-7-12)25-16(24)13-4-2-1-3-5-13/h1-11H,(H2,20,21,22,23)/b18-10+. The first-order valence-electron chi connectivity index (χ1n) is 7.29. The summed E-state index contributed by atoms with van der Waals surface area (Å²) in [5.74, 6) is 0.143. The lowest BCUT2D eigenvalue weighted by Gasteiger charge is -2.04.